The van der Waals surface area contributed by atoms with E-state index in [2.05, 4.69) is 29.5 Å². The van der Waals surface area contributed by atoms with Crippen LogP contribution in [-0.2, 0) is 18.3 Å². The van der Waals surface area contributed by atoms with Crippen molar-refractivity contribution in [2.24, 2.45) is 7.05 Å². The van der Waals surface area contributed by atoms with E-state index in [0.29, 0.717) is 12.6 Å². The highest BCUT2D eigenvalue weighted by Crippen LogP contribution is 2.17. The van der Waals surface area contributed by atoms with Crippen LogP contribution in [0.25, 0.3) is 10.9 Å². The van der Waals surface area contributed by atoms with Gasteiger partial charge in [-0.05, 0) is 13.0 Å². The SMILES string of the molecule is COCC(C)NCc1nn(C)c2ccccc12. The largest absolute Gasteiger partial charge is 0.383 e. The van der Waals surface area contributed by atoms with Crippen LogP contribution >= 0.6 is 0 Å². The lowest BCUT2D eigenvalue weighted by atomic mass is 10.2. The fraction of sp³-hybridized carbons (Fsp3) is 0.462. The Morgan fingerprint density at radius 3 is 2.94 bits per heavy atom. The van der Waals surface area contributed by atoms with Gasteiger partial charge in [0.2, 0.25) is 0 Å². The Balaban J connectivity index is 2.13. The van der Waals surface area contributed by atoms with E-state index in [4.69, 9.17) is 4.74 Å². The van der Waals surface area contributed by atoms with E-state index in [-0.39, 0.29) is 0 Å². The molecule has 1 aromatic heterocycles. The van der Waals surface area contributed by atoms with Crippen LogP contribution < -0.4 is 5.32 Å². The molecule has 2 rings (SSSR count). The Kier molecular flexibility index (Phi) is 3.76. The molecule has 0 aliphatic rings. The molecule has 4 nitrogen and oxygen atoms in total. The van der Waals surface area contributed by atoms with Crippen LogP contribution in [0.3, 0.4) is 0 Å². The fourth-order valence-corrected chi connectivity index (χ4v) is 2.00. The quantitative estimate of drug-likeness (QED) is 0.854. The summed E-state index contributed by atoms with van der Waals surface area (Å²) in [5.41, 5.74) is 2.26. The number of nitrogens with one attached hydrogen (secondary N) is 1. The van der Waals surface area contributed by atoms with Crippen molar-refractivity contribution >= 4 is 10.9 Å². The molecule has 0 amide bonds. The molecule has 0 aliphatic heterocycles. The highest BCUT2D eigenvalue weighted by molar-refractivity contribution is 5.81. The van der Waals surface area contributed by atoms with E-state index in [9.17, 15) is 0 Å². The average Bonchev–Trinajstić information content (AvgIpc) is 2.65. The van der Waals surface area contributed by atoms with E-state index < -0.39 is 0 Å². The van der Waals surface area contributed by atoms with Gasteiger partial charge in [0.1, 0.15) is 0 Å². The van der Waals surface area contributed by atoms with Crippen LogP contribution in [0, 0.1) is 0 Å². The summed E-state index contributed by atoms with van der Waals surface area (Å²) in [6, 6.07) is 8.62. The van der Waals surface area contributed by atoms with Crippen molar-refractivity contribution in [2.45, 2.75) is 19.5 Å². The molecule has 1 atom stereocenters. The molecule has 4 heteroatoms. The van der Waals surface area contributed by atoms with Crippen LogP contribution in [0.2, 0.25) is 0 Å². The molecule has 0 spiro atoms. The predicted octanol–water partition coefficient (Wildman–Crippen LogP) is 1.70. The zero-order chi connectivity index (χ0) is 12.3. The predicted molar refractivity (Wildman–Crippen MR) is 68.9 cm³/mol. The molecule has 0 fully saturated rings. The smallest absolute Gasteiger partial charge is 0.0841 e. The summed E-state index contributed by atoms with van der Waals surface area (Å²) in [4.78, 5) is 0. The molecular formula is C13H19N3O. The van der Waals surface area contributed by atoms with Crippen LogP contribution in [0.5, 0.6) is 0 Å². The zero-order valence-electron chi connectivity index (χ0n) is 10.6. The number of aryl methyl sites for hydroxylation is 1. The van der Waals surface area contributed by atoms with Gasteiger partial charge in [-0.25, -0.2) is 0 Å². The summed E-state index contributed by atoms with van der Waals surface area (Å²) in [6.45, 7) is 3.59. The van der Waals surface area contributed by atoms with E-state index in [0.717, 1.165) is 12.2 Å². The molecule has 0 bridgehead atoms. The summed E-state index contributed by atoms with van der Waals surface area (Å²) in [7, 11) is 3.69. The summed E-state index contributed by atoms with van der Waals surface area (Å²) in [6.07, 6.45) is 0. The Bertz CT molecular complexity index is 492. The number of rotatable bonds is 5. The highest BCUT2D eigenvalue weighted by atomic mass is 16.5. The van der Waals surface area contributed by atoms with E-state index in [1.165, 1.54) is 10.9 Å². The molecule has 0 saturated carbocycles. The molecule has 92 valence electrons. The normalized spacial score (nSPS) is 13.1. The first-order valence-corrected chi connectivity index (χ1v) is 5.85. The van der Waals surface area contributed by atoms with E-state index >= 15 is 0 Å². The summed E-state index contributed by atoms with van der Waals surface area (Å²) in [5.74, 6) is 0. The fourth-order valence-electron chi connectivity index (χ4n) is 2.00. The van der Waals surface area contributed by atoms with Gasteiger partial charge < -0.3 is 10.1 Å². The number of benzene rings is 1. The molecule has 0 saturated heterocycles. The highest BCUT2D eigenvalue weighted by Gasteiger charge is 2.08. The van der Waals surface area contributed by atoms with Gasteiger partial charge >= 0.3 is 0 Å². The van der Waals surface area contributed by atoms with Gasteiger partial charge in [-0.3, -0.25) is 4.68 Å². The Morgan fingerprint density at radius 1 is 1.41 bits per heavy atom. The van der Waals surface area contributed by atoms with Crippen LogP contribution in [-0.4, -0.2) is 29.5 Å². The minimum Gasteiger partial charge on any atom is -0.383 e. The first-order chi connectivity index (χ1) is 8.22. The molecule has 17 heavy (non-hydrogen) atoms. The maximum atomic E-state index is 5.10. The molecule has 1 heterocycles. The topological polar surface area (TPSA) is 39.1 Å². The lowest BCUT2D eigenvalue weighted by Gasteiger charge is -2.11. The third-order valence-corrected chi connectivity index (χ3v) is 2.87. The number of aromatic nitrogens is 2. The number of para-hydroxylation sites is 1. The summed E-state index contributed by atoms with van der Waals surface area (Å²) >= 11 is 0. The van der Waals surface area contributed by atoms with Gasteiger partial charge in [0.05, 0.1) is 17.8 Å². The Labute approximate surface area is 102 Å². The Hall–Kier alpha value is -1.39. The van der Waals surface area contributed by atoms with Gasteiger partial charge in [0.15, 0.2) is 0 Å². The summed E-state index contributed by atoms with van der Waals surface area (Å²) < 4.78 is 7.02. The van der Waals surface area contributed by atoms with Crippen molar-refractivity contribution in [3.8, 4) is 0 Å². The maximum absolute atomic E-state index is 5.10. The lowest BCUT2D eigenvalue weighted by molar-refractivity contribution is 0.171. The number of methoxy groups -OCH3 is 1. The van der Waals surface area contributed by atoms with E-state index in [1.807, 2.05) is 23.9 Å². The van der Waals surface area contributed by atoms with Crippen molar-refractivity contribution < 1.29 is 4.74 Å². The molecule has 1 N–H and O–H groups in total. The second-order valence-corrected chi connectivity index (χ2v) is 4.32. The monoisotopic (exact) mass is 233 g/mol. The Morgan fingerprint density at radius 2 is 2.18 bits per heavy atom. The number of fused-ring (bicyclic) bond motifs is 1. The van der Waals surface area contributed by atoms with Gasteiger partial charge in [-0.2, -0.15) is 5.10 Å². The van der Waals surface area contributed by atoms with Crippen molar-refractivity contribution in [3.05, 3.63) is 30.0 Å². The molecule has 2 aromatic rings. The first-order valence-electron chi connectivity index (χ1n) is 5.85. The number of hydrogen-bond donors (Lipinski definition) is 1. The third-order valence-electron chi connectivity index (χ3n) is 2.87. The van der Waals surface area contributed by atoms with Crippen LogP contribution in [0.1, 0.15) is 12.6 Å². The van der Waals surface area contributed by atoms with Crippen molar-refractivity contribution in [1.82, 2.24) is 15.1 Å². The van der Waals surface area contributed by atoms with Crippen LogP contribution in [0.4, 0.5) is 0 Å². The minimum atomic E-state index is 0.334. The minimum absolute atomic E-state index is 0.334. The molecule has 0 aliphatic carbocycles. The first kappa shape index (κ1) is 12.1. The third kappa shape index (κ3) is 2.65. The van der Waals surface area contributed by atoms with Crippen molar-refractivity contribution in [3.63, 3.8) is 0 Å². The average molecular weight is 233 g/mol. The van der Waals surface area contributed by atoms with Crippen LogP contribution in [0.15, 0.2) is 24.3 Å². The van der Waals surface area contributed by atoms with Gasteiger partial charge in [0, 0.05) is 32.1 Å². The molecule has 1 unspecified atom stereocenters. The second-order valence-electron chi connectivity index (χ2n) is 4.32. The van der Waals surface area contributed by atoms with Gasteiger partial charge in [-0.15, -0.1) is 0 Å². The van der Waals surface area contributed by atoms with Crippen molar-refractivity contribution in [1.29, 1.82) is 0 Å². The molecule has 0 radical (unpaired) electrons. The number of ether oxygens (including phenoxy) is 1. The van der Waals surface area contributed by atoms with Gasteiger partial charge in [-0.1, -0.05) is 18.2 Å². The zero-order valence-corrected chi connectivity index (χ0v) is 10.6. The second kappa shape index (κ2) is 5.29. The number of nitrogens with zero attached hydrogens (tertiary/aromatic N) is 2. The number of hydrogen-bond acceptors (Lipinski definition) is 3. The summed E-state index contributed by atoms with van der Waals surface area (Å²) in [5, 5.41) is 9.15. The lowest BCUT2D eigenvalue weighted by Crippen LogP contribution is -2.29. The van der Waals surface area contributed by atoms with E-state index in [1.54, 1.807) is 7.11 Å². The maximum Gasteiger partial charge on any atom is 0.0841 e. The standard InChI is InChI=1S/C13H19N3O/c1-10(9-17-3)14-8-12-11-6-4-5-7-13(11)16(2)15-12/h4-7,10,14H,8-9H2,1-3H3. The molecular weight excluding hydrogens is 214 g/mol. The van der Waals surface area contributed by atoms with Gasteiger partial charge in [0.25, 0.3) is 0 Å². The molecule has 1 aromatic carbocycles. The van der Waals surface area contributed by atoms with Crippen molar-refractivity contribution in [2.75, 3.05) is 13.7 Å².